The van der Waals surface area contributed by atoms with E-state index in [1.54, 1.807) is 0 Å². The van der Waals surface area contributed by atoms with Crippen LogP contribution >= 0.6 is 45.2 Å². The summed E-state index contributed by atoms with van der Waals surface area (Å²) in [6.07, 6.45) is 42.5. The Hall–Kier alpha value is 1.54. The van der Waals surface area contributed by atoms with Crippen LogP contribution in [0.2, 0.25) is 44.8 Å². The van der Waals surface area contributed by atoms with Gasteiger partial charge in [-0.2, -0.15) is 0 Å². The van der Waals surface area contributed by atoms with Crippen molar-refractivity contribution in [2.24, 2.45) is 0 Å². The van der Waals surface area contributed by atoms with E-state index in [9.17, 15) is 0 Å². The average Bonchev–Trinajstić information content (AvgIpc) is 4.39. The van der Waals surface area contributed by atoms with Gasteiger partial charge in [-0.15, -0.1) is 0 Å². The van der Waals surface area contributed by atoms with Crippen molar-refractivity contribution in [3.8, 4) is 11.5 Å². The molecule has 450 valence electrons. The zero-order chi connectivity index (χ0) is 54.4. The second-order valence-corrected chi connectivity index (χ2v) is 54.9. The number of unbranched alkanes of at least 4 members (excludes halogenated alkanes) is 9. The minimum Gasteiger partial charge on any atom is -0.492 e. The Labute approximate surface area is 516 Å². The maximum atomic E-state index is 8.57. The molecular weight excluding hydrogens is 1380 g/mol. The van der Waals surface area contributed by atoms with Crippen molar-refractivity contribution in [3.05, 3.63) is 19.3 Å². The van der Waals surface area contributed by atoms with E-state index in [0.29, 0.717) is 19.1 Å². The predicted molar refractivity (Wildman–Crippen MR) is 339 cm³/mol. The maximum absolute atomic E-state index is 8.57. The molecule has 0 radical (unpaired) electrons. The highest BCUT2D eigenvalue weighted by Gasteiger charge is 2.88. The van der Waals surface area contributed by atoms with Crippen LogP contribution < -0.4 is 9.47 Å². The first-order valence-electron chi connectivity index (χ1n) is 33.2. The van der Waals surface area contributed by atoms with Crippen LogP contribution in [0.3, 0.4) is 0 Å². The normalized spacial score (nSPS) is 39.4. The molecule has 0 N–H and O–H groups in total. The zero-order valence-electron chi connectivity index (χ0n) is 48.4. The van der Waals surface area contributed by atoms with Crippen LogP contribution in [0.15, 0.2) is 12.1 Å². The molecule has 0 unspecified atom stereocenters. The van der Waals surface area contributed by atoms with Gasteiger partial charge in [-0.3, -0.25) is 0 Å². The van der Waals surface area contributed by atoms with Gasteiger partial charge in [0, 0.05) is 44.8 Å². The van der Waals surface area contributed by atoms with Gasteiger partial charge >= 0.3 is 70.4 Å². The number of hydrogen-bond acceptors (Lipinski definition) is 14. The summed E-state index contributed by atoms with van der Waals surface area (Å²) in [6, 6.07) is 4.79. The van der Waals surface area contributed by atoms with E-state index in [1.165, 1.54) is 57.8 Å². The molecule has 24 heteroatoms. The molecule has 14 nitrogen and oxygen atoms in total. The van der Waals surface area contributed by atoms with Crippen LogP contribution in [0.25, 0.3) is 0 Å². The molecule has 13 aliphatic rings. The molecule has 13 fully saturated rings. The van der Waals surface area contributed by atoms with Crippen molar-refractivity contribution >= 4 is 116 Å². The van der Waals surface area contributed by atoms with E-state index in [0.717, 1.165) is 211 Å². The summed E-state index contributed by atoms with van der Waals surface area (Å²) in [5.74, 6) is 1.79. The van der Waals surface area contributed by atoms with Gasteiger partial charge in [0.2, 0.25) is 0 Å². The summed E-state index contributed by atoms with van der Waals surface area (Å²) in [7, 11) is -32.0. The molecule has 0 spiro atoms. The van der Waals surface area contributed by atoms with Gasteiger partial charge in [-0.1, -0.05) is 155 Å². The monoisotopic (exact) mass is 1470 g/mol. The van der Waals surface area contributed by atoms with Crippen molar-refractivity contribution < 1.29 is 58.9 Å². The van der Waals surface area contributed by atoms with Gasteiger partial charge in [0.1, 0.15) is 11.5 Å². The second kappa shape index (κ2) is 25.8. The van der Waals surface area contributed by atoms with Gasteiger partial charge < -0.3 is 58.9 Å². The van der Waals surface area contributed by atoms with E-state index in [1.807, 2.05) is 0 Å². The summed E-state index contributed by atoms with van der Waals surface area (Å²) in [6.45, 7) is 3.47. The topological polar surface area (TPSA) is 129 Å². The maximum Gasteiger partial charge on any atom is 0.482 e. The van der Waals surface area contributed by atoms with Crippen molar-refractivity contribution in [2.45, 2.75) is 302 Å². The van der Waals surface area contributed by atoms with Crippen molar-refractivity contribution in [1.29, 1.82) is 0 Å². The quantitative estimate of drug-likeness (QED) is 0.0553. The molecule has 6 aliphatic heterocycles. The molecule has 6 heterocycles. The van der Waals surface area contributed by atoms with Gasteiger partial charge in [0.05, 0.1) is 20.4 Å². The van der Waals surface area contributed by atoms with E-state index >= 15 is 0 Å². The highest BCUT2D eigenvalue weighted by atomic mass is 127. The minimum atomic E-state index is -4.10. The summed E-state index contributed by atoms with van der Waals surface area (Å²) in [5.41, 5.74) is 0.195. The highest BCUT2D eigenvalue weighted by Crippen LogP contribution is 2.66. The fourth-order valence-corrected chi connectivity index (χ4v) is 74.0. The molecule has 1 aromatic carbocycles. The van der Waals surface area contributed by atoms with Crippen molar-refractivity contribution in [2.75, 3.05) is 13.2 Å². The Kier molecular flexibility index (Phi) is 19.5. The molecule has 7 saturated carbocycles. The van der Waals surface area contributed by atoms with Gasteiger partial charge in [-0.05, 0) is 160 Å². The first-order chi connectivity index (χ1) is 39.1. The smallest absolute Gasteiger partial charge is 0.482 e. The van der Waals surface area contributed by atoms with Crippen LogP contribution in [0.4, 0.5) is 0 Å². The number of rotatable bonds is 24. The van der Waals surface area contributed by atoms with Crippen LogP contribution in [0.5, 0.6) is 11.5 Å². The molecule has 0 amide bonds. The predicted octanol–water partition coefficient (Wildman–Crippen LogP) is 17.4. The Morgan fingerprint density at radius 3 is 0.812 bits per heavy atom. The molecule has 80 heavy (non-hydrogen) atoms. The molecule has 8 bridgehead atoms. The van der Waals surface area contributed by atoms with Crippen molar-refractivity contribution in [1.82, 2.24) is 0 Å². The summed E-state index contributed by atoms with van der Waals surface area (Å²) >= 11 is 4.85. The van der Waals surface area contributed by atoms with E-state index in [2.05, 4.69) is 64.2 Å². The fourth-order valence-electron chi connectivity index (χ4n) is 16.8. The standard InChI is InChI=1S/C56H96I2O14Si8/c1-2-3-4-5-6-7-8-9-10-25-41-59-55-44-54(58)56(45-53(55)57)60-42-26-43-73-61-74(46-27-11-12-28-46)64-77(49-33-17-18-34-49)66-75(62-73,47-29-13-14-30-47)68-79(51-37-21-22-38-51)69-76(63-73,48-31-15-16-32-48)67-78(65-74,50-35-19-20-36-50)71-80(70-77,72-79)52-39-23-24-40-52/h44-52H,2-43H2,1H3. The Balaban J connectivity index is 0.884. The van der Waals surface area contributed by atoms with Gasteiger partial charge in [-0.25, -0.2) is 0 Å². The zero-order valence-corrected chi connectivity index (χ0v) is 60.7. The van der Waals surface area contributed by atoms with Crippen molar-refractivity contribution in [3.63, 3.8) is 0 Å². The largest absolute Gasteiger partial charge is 0.492 e. The molecule has 0 aromatic heterocycles. The lowest BCUT2D eigenvalue weighted by Gasteiger charge is -2.66. The Morgan fingerprint density at radius 1 is 0.325 bits per heavy atom. The molecule has 1 aromatic rings. The Morgan fingerprint density at radius 2 is 0.550 bits per heavy atom. The molecule has 7 aliphatic carbocycles. The third-order valence-corrected chi connectivity index (χ3v) is 62.4. The number of halogens is 2. The molecule has 6 saturated heterocycles. The van der Waals surface area contributed by atoms with E-state index in [4.69, 9.17) is 58.9 Å². The van der Waals surface area contributed by atoms with Crippen LogP contribution in [0.1, 0.15) is 257 Å². The van der Waals surface area contributed by atoms with E-state index < -0.39 is 70.4 Å². The van der Waals surface area contributed by atoms with E-state index in [-0.39, 0.29) is 38.8 Å². The fraction of sp³-hybridized carbons (Fsp3) is 0.893. The van der Waals surface area contributed by atoms with Gasteiger partial charge in [0.15, 0.2) is 0 Å². The van der Waals surface area contributed by atoms with Crippen LogP contribution in [-0.4, -0.2) is 83.6 Å². The third kappa shape index (κ3) is 12.1. The van der Waals surface area contributed by atoms with Crippen LogP contribution in [0, 0.1) is 7.14 Å². The summed E-state index contributed by atoms with van der Waals surface area (Å²) < 4.78 is 118. The summed E-state index contributed by atoms with van der Waals surface area (Å²) in [5, 5.41) is 0. The number of hydrogen-bond donors (Lipinski definition) is 0. The molecule has 0 atom stereocenters. The highest BCUT2D eigenvalue weighted by molar-refractivity contribution is 14.1. The summed E-state index contributed by atoms with van der Waals surface area (Å²) in [4.78, 5) is 0. The third-order valence-electron chi connectivity index (χ3n) is 21.1. The lowest BCUT2D eigenvalue weighted by Crippen LogP contribution is -2.90. The number of benzene rings is 1. The molecule has 14 rings (SSSR count). The SMILES string of the molecule is CCCCCCCCCCCCOc1cc(I)c(OCCC[Si]23O[Si]4(C5CCCC5)O[Si]5(C6CCCC6)O[Si](C6CCCC6)(O2)O[Si]2(C6CCCC6)O[Si](C6CCCC6)(O3)O[Si](C3CCCC3)(O4)O[Si](C3CCCC3)(O5)O2)cc1I. The molecular formula is C56H96I2O14Si8. The van der Waals surface area contributed by atoms with Gasteiger partial charge in [0.25, 0.3) is 0 Å². The number of ether oxygens (including phenoxy) is 2. The minimum absolute atomic E-state index is 0.0100. The second-order valence-electron chi connectivity index (χ2n) is 26.7. The van der Waals surface area contributed by atoms with Crippen LogP contribution in [-0.2, 0) is 49.4 Å². The first-order valence-corrected chi connectivity index (χ1v) is 49.9. The lowest BCUT2D eigenvalue weighted by atomic mass is 10.1. The lowest BCUT2D eigenvalue weighted by molar-refractivity contribution is -0.0459. The average molecular weight is 1470 g/mol. The Bertz CT molecular complexity index is 2060. The first kappa shape index (κ1) is 60.4.